The summed E-state index contributed by atoms with van der Waals surface area (Å²) in [6.07, 6.45) is 0.785. The molecule has 0 heterocycles. The Bertz CT molecular complexity index is 336. The largest absolute Gasteiger partial charge is 0.487 e. The lowest BCUT2D eigenvalue weighted by Gasteiger charge is -2.04. The zero-order chi connectivity index (χ0) is 10.6. The van der Waals surface area contributed by atoms with Gasteiger partial charge in [0.2, 0.25) is 0 Å². The van der Waals surface area contributed by atoms with Crippen LogP contribution in [0.25, 0.3) is 0 Å². The van der Waals surface area contributed by atoms with E-state index in [1.165, 1.54) is 0 Å². The number of rotatable bonds is 4. The van der Waals surface area contributed by atoms with Crippen molar-refractivity contribution in [3.8, 4) is 5.75 Å². The fraction of sp³-hybridized carbons (Fsp3) is 0.400. The topological polar surface area (TPSA) is 52.4 Å². The minimum Gasteiger partial charge on any atom is -0.487 e. The maximum Gasteiger partial charge on any atom is 0.311 e. The van der Waals surface area contributed by atoms with Crippen LogP contribution in [0.3, 0.4) is 0 Å². The summed E-state index contributed by atoms with van der Waals surface area (Å²) in [5.41, 5.74) is 0.992. The van der Waals surface area contributed by atoms with Crippen LogP contribution in [0, 0.1) is 10.1 Å². The molecule has 4 heteroatoms. The van der Waals surface area contributed by atoms with E-state index in [9.17, 15) is 10.1 Å². The highest BCUT2D eigenvalue weighted by Gasteiger charge is 2.14. The van der Waals surface area contributed by atoms with Crippen molar-refractivity contribution in [3.63, 3.8) is 0 Å². The zero-order valence-electron chi connectivity index (χ0n) is 8.32. The summed E-state index contributed by atoms with van der Waals surface area (Å²) < 4.78 is 5.16. The van der Waals surface area contributed by atoms with Gasteiger partial charge in [-0.2, -0.15) is 0 Å². The van der Waals surface area contributed by atoms with E-state index in [2.05, 4.69) is 0 Å². The molecule has 0 aliphatic rings. The smallest absolute Gasteiger partial charge is 0.311 e. The average molecular weight is 195 g/mol. The van der Waals surface area contributed by atoms with E-state index in [-0.39, 0.29) is 5.69 Å². The van der Waals surface area contributed by atoms with Gasteiger partial charge >= 0.3 is 5.69 Å². The molecule has 0 radical (unpaired) electrons. The molecule has 0 amide bonds. The van der Waals surface area contributed by atoms with Gasteiger partial charge in [0.1, 0.15) is 0 Å². The van der Waals surface area contributed by atoms with Crippen molar-refractivity contribution >= 4 is 5.69 Å². The van der Waals surface area contributed by atoms with Gasteiger partial charge in [-0.3, -0.25) is 10.1 Å². The standard InChI is InChI=1S/C10H13NO3/c1-3-8-5-6-10(14-4-2)9(7-8)11(12)13/h5-7H,3-4H2,1-2H3. The van der Waals surface area contributed by atoms with Gasteiger partial charge in [0.15, 0.2) is 5.75 Å². The second-order valence-electron chi connectivity index (χ2n) is 2.85. The summed E-state index contributed by atoms with van der Waals surface area (Å²) in [5, 5.41) is 10.7. The van der Waals surface area contributed by atoms with Crippen LogP contribution in [-0.4, -0.2) is 11.5 Å². The van der Waals surface area contributed by atoms with Crippen LogP contribution in [0.4, 0.5) is 5.69 Å². The van der Waals surface area contributed by atoms with Gasteiger partial charge in [0.25, 0.3) is 0 Å². The minimum atomic E-state index is -0.413. The van der Waals surface area contributed by atoms with Crippen LogP contribution in [0.2, 0.25) is 0 Å². The summed E-state index contributed by atoms with van der Waals surface area (Å²) in [7, 11) is 0. The van der Waals surface area contributed by atoms with Gasteiger partial charge in [0.05, 0.1) is 11.5 Å². The Morgan fingerprint density at radius 1 is 1.43 bits per heavy atom. The Hall–Kier alpha value is -1.58. The van der Waals surface area contributed by atoms with E-state index in [1.54, 1.807) is 19.1 Å². The van der Waals surface area contributed by atoms with Crippen molar-refractivity contribution in [2.45, 2.75) is 20.3 Å². The van der Waals surface area contributed by atoms with E-state index >= 15 is 0 Å². The molecule has 1 aromatic carbocycles. The number of ether oxygens (including phenoxy) is 1. The van der Waals surface area contributed by atoms with Crippen LogP contribution >= 0.6 is 0 Å². The van der Waals surface area contributed by atoms with Crippen molar-refractivity contribution in [1.29, 1.82) is 0 Å². The zero-order valence-corrected chi connectivity index (χ0v) is 8.32. The molecule has 1 aromatic rings. The predicted octanol–water partition coefficient (Wildman–Crippen LogP) is 2.56. The van der Waals surface area contributed by atoms with Gasteiger partial charge in [-0.15, -0.1) is 0 Å². The molecule has 0 atom stereocenters. The fourth-order valence-electron chi connectivity index (χ4n) is 1.20. The Morgan fingerprint density at radius 2 is 2.14 bits per heavy atom. The van der Waals surface area contributed by atoms with Gasteiger partial charge in [-0.25, -0.2) is 0 Å². The van der Waals surface area contributed by atoms with E-state index < -0.39 is 4.92 Å². The molecule has 0 fully saturated rings. The summed E-state index contributed by atoms with van der Waals surface area (Å²) in [6, 6.07) is 5.06. The maximum absolute atomic E-state index is 10.7. The molecule has 0 aliphatic carbocycles. The highest BCUT2D eigenvalue weighted by atomic mass is 16.6. The quantitative estimate of drug-likeness (QED) is 0.548. The molecule has 1 rings (SSSR count). The summed E-state index contributed by atoms with van der Waals surface area (Å²) in [4.78, 5) is 10.3. The first-order valence-electron chi connectivity index (χ1n) is 4.59. The number of hydrogen-bond acceptors (Lipinski definition) is 3. The molecular weight excluding hydrogens is 182 g/mol. The third-order valence-electron chi connectivity index (χ3n) is 1.93. The normalized spacial score (nSPS) is 9.86. The van der Waals surface area contributed by atoms with Crippen molar-refractivity contribution < 1.29 is 9.66 Å². The molecule has 0 aliphatic heterocycles. The Morgan fingerprint density at radius 3 is 2.64 bits per heavy atom. The van der Waals surface area contributed by atoms with Crippen LogP contribution in [0.1, 0.15) is 19.4 Å². The SMILES string of the molecule is CCOc1ccc(CC)cc1[N+](=O)[O-]. The molecule has 0 bridgehead atoms. The molecule has 0 saturated heterocycles. The monoisotopic (exact) mass is 195 g/mol. The van der Waals surface area contributed by atoms with Crippen LogP contribution in [0.15, 0.2) is 18.2 Å². The van der Waals surface area contributed by atoms with Crippen LogP contribution in [0.5, 0.6) is 5.75 Å². The molecule has 0 saturated carbocycles. The molecule has 0 spiro atoms. The molecular formula is C10H13NO3. The first kappa shape index (κ1) is 10.5. The van der Waals surface area contributed by atoms with Crippen molar-refractivity contribution in [3.05, 3.63) is 33.9 Å². The molecule has 4 nitrogen and oxygen atoms in total. The van der Waals surface area contributed by atoms with E-state index in [4.69, 9.17) is 4.74 Å². The van der Waals surface area contributed by atoms with Crippen molar-refractivity contribution in [2.24, 2.45) is 0 Å². The highest BCUT2D eigenvalue weighted by molar-refractivity contribution is 5.48. The van der Waals surface area contributed by atoms with E-state index in [0.29, 0.717) is 12.4 Å². The average Bonchev–Trinajstić information content (AvgIpc) is 2.18. The van der Waals surface area contributed by atoms with Crippen LogP contribution < -0.4 is 4.74 Å². The van der Waals surface area contributed by atoms with E-state index in [0.717, 1.165) is 12.0 Å². The lowest BCUT2D eigenvalue weighted by atomic mass is 10.1. The lowest BCUT2D eigenvalue weighted by Crippen LogP contribution is -1.98. The van der Waals surface area contributed by atoms with Crippen molar-refractivity contribution in [1.82, 2.24) is 0 Å². The number of aryl methyl sites for hydroxylation is 1. The van der Waals surface area contributed by atoms with Gasteiger partial charge in [-0.1, -0.05) is 13.0 Å². The Labute approximate surface area is 82.7 Å². The first-order valence-corrected chi connectivity index (χ1v) is 4.59. The summed E-state index contributed by atoms with van der Waals surface area (Å²) in [6.45, 7) is 4.20. The van der Waals surface area contributed by atoms with E-state index in [1.807, 2.05) is 13.0 Å². The van der Waals surface area contributed by atoms with Gasteiger partial charge < -0.3 is 4.74 Å². The second kappa shape index (κ2) is 4.60. The molecule has 14 heavy (non-hydrogen) atoms. The molecule has 0 N–H and O–H groups in total. The Balaban J connectivity index is 3.10. The maximum atomic E-state index is 10.7. The third kappa shape index (κ3) is 2.22. The molecule has 76 valence electrons. The summed E-state index contributed by atoms with van der Waals surface area (Å²) >= 11 is 0. The number of nitro groups is 1. The summed E-state index contributed by atoms with van der Waals surface area (Å²) in [5.74, 6) is 0.342. The predicted molar refractivity (Wildman–Crippen MR) is 53.6 cm³/mol. The molecule has 0 unspecified atom stereocenters. The first-order chi connectivity index (χ1) is 6.69. The second-order valence-corrected chi connectivity index (χ2v) is 2.85. The fourth-order valence-corrected chi connectivity index (χ4v) is 1.20. The highest BCUT2D eigenvalue weighted by Crippen LogP contribution is 2.27. The Kier molecular flexibility index (Phi) is 3.45. The minimum absolute atomic E-state index is 0.0474. The van der Waals surface area contributed by atoms with Crippen molar-refractivity contribution in [2.75, 3.05) is 6.61 Å². The number of nitro benzene ring substituents is 1. The van der Waals surface area contributed by atoms with Gasteiger partial charge in [0, 0.05) is 6.07 Å². The van der Waals surface area contributed by atoms with Gasteiger partial charge in [-0.05, 0) is 25.0 Å². The third-order valence-corrected chi connectivity index (χ3v) is 1.93. The number of nitrogens with zero attached hydrogens (tertiary/aromatic N) is 1. The number of hydrogen-bond donors (Lipinski definition) is 0. The van der Waals surface area contributed by atoms with Crippen LogP contribution in [-0.2, 0) is 6.42 Å². The number of benzene rings is 1. The lowest BCUT2D eigenvalue weighted by molar-refractivity contribution is -0.385. The molecule has 0 aromatic heterocycles.